The summed E-state index contributed by atoms with van der Waals surface area (Å²) >= 11 is 0. The fourth-order valence-electron chi connectivity index (χ4n) is 4.56. The minimum absolute atomic E-state index is 0.00245. The average molecular weight is 512 g/mol. The Labute approximate surface area is 209 Å². The highest BCUT2D eigenvalue weighted by molar-refractivity contribution is 7.90. The van der Waals surface area contributed by atoms with Crippen LogP contribution in [-0.4, -0.2) is 54.3 Å². The minimum Gasteiger partial charge on any atom is -0.489 e. The molecule has 2 aliphatic rings. The van der Waals surface area contributed by atoms with Gasteiger partial charge in [0.05, 0.1) is 11.8 Å². The molecule has 2 aromatic carbocycles. The van der Waals surface area contributed by atoms with E-state index in [1.807, 2.05) is 38.1 Å². The number of amides is 1. The largest absolute Gasteiger partial charge is 0.489 e. The number of carbonyl (C=O) groups is 1. The number of anilines is 1. The second-order valence-corrected chi connectivity index (χ2v) is 11.2. The lowest BCUT2D eigenvalue weighted by Gasteiger charge is -2.30. The molecule has 1 aromatic heterocycles. The second kappa shape index (κ2) is 9.55. The molecule has 0 bridgehead atoms. The highest BCUT2D eigenvalue weighted by Gasteiger charge is 2.32. The highest BCUT2D eigenvalue weighted by Crippen LogP contribution is 2.38. The molecular weight excluding hydrogens is 482 g/mol. The number of nitrogens with two attached hydrogens (primary N) is 1. The van der Waals surface area contributed by atoms with Gasteiger partial charge in [0, 0.05) is 30.3 Å². The molecule has 1 aliphatic carbocycles. The van der Waals surface area contributed by atoms with E-state index in [1.54, 1.807) is 17.0 Å². The number of likely N-dealkylation sites (tertiary alicyclic amines) is 1. The Morgan fingerprint density at radius 2 is 2.08 bits per heavy atom. The third-order valence-corrected chi connectivity index (χ3v) is 7.67. The maximum Gasteiger partial charge on any atom is 0.258 e. The number of rotatable bonds is 8. The molecule has 0 spiro atoms. The van der Waals surface area contributed by atoms with Crippen molar-refractivity contribution >= 4 is 21.6 Å². The zero-order valence-corrected chi connectivity index (χ0v) is 21.0. The maximum absolute atomic E-state index is 12.7. The van der Waals surface area contributed by atoms with Gasteiger partial charge in [0.2, 0.25) is 21.8 Å². The summed E-state index contributed by atoms with van der Waals surface area (Å²) in [6, 6.07) is 10.5. The van der Waals surface area contributed by atoms with E-state index in [0.717, 1.165) is 23.1 Å². The molecule has 11 heteroatoms. The van der Waals surface area contributed by atoms with Crippen LogP contribution < -0.4 is 15.2 Å². The van der Waals surface area contributed by atoms with Gasteiger partial charge < -0.3 is 19.9 Å². The van der Waals surface area contributed by atoms with Gasteiger partial charge in [-0.05, 0) is 62.4 Å². The molecule has 5 rings (SSSR count). The normalized spacial score (nSPS) is 17.2. The van der Waals surface area contributed by atoms with Crippen molar-refractivity contribution in [2.75, 3.05) is 24.6 Å². The molecule has 1 atom stereocenters. The average Bonchev–Trinajstić information content (AvgIpc) is 3.41. The number of carbonyl (C=O) groups excluding carboxylic acids is 1. The van der Waals surface area contributed by atoms with Gasteiger partial charge in [0.25, 0.3) is 5.89 Å². The third-order valence-electron chi connectivity index (χ3n) is 6.40. The molecule has 0 saturated carbocycles. The first-order chi connectivity index (χ1) is 17.2. The number of aromatic nitrogens is 2. The van der Waals surface area contributed by atoms with Crippen molar-refractivity contribution in [3.63, 3.8) is 0 Å². The molecule has 3 N–H and O–H groups in total. The molecule has 10 nitrogen and oxygen atoms in total. The standard InChI is InChI=1S/C25H29N5O5S/c1-15(2)34-22-10-7-16(13-20(22)26)25-27-24(28-35-25)19-6-3-5-18-17(19)8-9-21(18)29-36(32,33)14-23(31)30-11-4-12-30/h3,5-7,10,13,15,21,29H,4,8-9,11-12,14,26H2,1-2H3/t21-/m1/s1. The Kier molecular flexibility index (Phi) is 6.44. The van der Waals surface area contributed by atoms with E-state index >= 15 is 0 Å². The summed E-state index contributed by atoms with van der Waals surface area (Å²) in [5, 5.41) is 4.17. The molecule has 0 unspecified atom stereocenters. The molecule has 1 saturated heterocycles. The zero-order valence-electron chi connectivity index (χ0n) is 20.2. The van der Waals surface area contributed by atoms with Crippen molar-refractivity contribution in [2.24, 2.45) is 0 Å². The van der Waals surface area contributed by atoms with E-state index in [4.69, 9.17) is 15.0 Å². The van der Waals surface area contributed by atoms with Crippen LogP contribution in [0.4, 0.5) is 5.69 Å². The highest BCUT2D eigenvalue weighted by atomic mass is 32.2. The Hall–Kier alpha value is -3.44. The Morgan fingerprint density at radius 3 is 2.78 bits per heavy atom. The van der Waals surface area contributed by atoms with Crippen LogP contribution in [-0.2, 0) is 21.2 Å². The van der Waals surface area contributed by atoms with Crippen molar-refractivity contribution in [3.8, 4) is 28.6 Å². The number of nitrogens with one attached hydrogen (secondary N) is 1. The van der Waals surface area contributed by atoms with E-state index in [1.165, 1.54) is 0 Å². The van der Waals surface area contributed by atoms with Crippen LogP contribution in [0.5, 0.6) is 5.75 Å². The van der Waals surface area contributed by atoms with Crippen molar-refractivity contribution in [2.45, 2.75) is 45.3 Å². The van der Waals surface area contributed by atoms with Crippen LogP contribution >= 0.6 is 0 Å². The van der Waals surface area contributed by atoms with Crippen LogP contribution in [0.3, 0.4) is 0 Å². The number of nitrogen functional groups attached to an aromatic ring is 1. The number of ether oxygens (including phenoxy) is 1. The van der Waals surface area contributed by atoms with Crippen molar-refractivity contribution < 1.29 is 22.5 Å². The molecular formula is C25H29N5O5S. The van der Waals surface area contributed by atoms with E-state index < -0.39 is 21.8 Å². The minimum atomic E-state index is -3.77. The van der Waals surface area contributed by atoms with Gasteiger partial charge in [0.15, 0.2) is 0 Å². The van der Waals surface area contributed by atoms with Crippen molar-refractivity contribution in [1.29, 1.82) is 0 Å². The number of hydrogen-bond donors (Lipinski definition) is 2. The summed E-state index contributed by atoms with van der Waals surface area (Å²) in [7, 11) is -3.77. The Balaban J connectivity index is 1.34. The number of hydrogen-bond acceptors (Lipinski definition) is 8. The monoisotopic (exact) mass is 511 g/mol. The molecule has 3 aromatic rings. The summed E-state index contributed by atoms with van der Waals surface area (Å²) in [6.45, 7) is 5.11. The lowest BCUT2D eigenvalue weighted by Crippen LogP contribution is -2.46. The van der Waals surface area contributed by atoms with E-state index in [-0.39, 0.29) is 12.0 Å². The number of fused-ring (bicyclic) bond motifs is 1. The first kappa shape index (κ1) is 24.3. The molecule has 1 amide bonds. The van der Waals surface area contributed by atoms with Crippen molar-refractivity contribution in [3.05, 3.63) is 47.5 Å². The summed E-state index contributed by atoms with van der Waals surface area (Å²) in [4.78, 5) is 18.3. The maximum atomic E-state index is 12.7. The van der Waals surface area contributed by atoms with Gasteiger partial charge in [0.1, 0.15) is 11.5 Å². The number of sulfonamides is 1. The summed E-state index contributed by atoms with van der Waals surface area (Å²) in [6.07, 6.45) is 2.16. The zero-order chi connectivity index (χ0) is 25.4. The molecule has 1 aliphatic heterocycles. The first-order valence-corrected chi connectivity index (χ1v) is 13.7. The van der Waals surface area contributed by atoms with Gasteiger partial charge in [-0.2, -0.15) is 4.98 Å². The van der Waals surface area contributed by atoms with Gasteiger partial charge in [-0.25, -0.2) is 13.1 Å². The van der Waals surface area contributed by atoms with Crippen LogP contribution in [0.25, 0.3) is 22.8 Å². The lowest BCUT2D eigenvalue weighted by molar-refractivity contribution is -0.131. The second-order valence-electron chi connectivity index (χ2n) is 9.42. The van der Waals surface area contributed by atoms with Crippen LogP contribution in [0.15, 0.2) is 40.9 Å². The van der Waals surface area contributed by atoms with Gasteiger partial charge >= 0.3 is 0 Å². The lowest BCUT2D eigenvalue weighted by atomic mass is 10.0. The summed E-state index contributed by atoms with van der Waals surface area (Å²) in [5.74, 6) is 0.445. The molecule has 2 heterocycles. The van der Waals surface area contributed by atoms with E-state index in [0.29, 0.717) is 54.6 Å². The van der Waals surface area contributed by atoms with E-state index in [9.17, 15) is 13.2 Å². The molecule has 0 radical (unpaired) electrons. The quantitative estimate of drug-likeness (QED) is 0.440. The third kappa shape index (κ3) is 4.93. The molecule has 36 heavy (non-hydrogen) atoms. The fraction of sp³-hybridized carbons (Fsp3) is 0.400. The van der Waals surface area contributed by atoms with Crippen molar-refractivity contribution in [1.82, 2.24) is 19.8 Å². The smallest absolute Gasteiger partial charge is 0.258 e. The topological polar surface area (TPSA) is 141 Å². The Bertz CT molecular complexity index is 1400. The van der Waals surface area contributed by atoms with E-state index in [2.05, 4.69) is 14.9 Å². The predicted molar refractivity (Wildman–Crippen MR) is 135 cm³/mol. The van der Waals surface area contributed by atoms with Gasteiger partial charge in [-0.15, -0.1) is 0 Å². The van der Waals surface area contributed by atoms with Gasteiger partial charge in [-0.3, -0.25) is 4.79 Å². The fourth-order valence-corrected chi connectivity index (χ4v) is 5.83. The SMILES string of the molecule is CC(C)Oc1ccc(-c2nc(-c3cccc4c3CC[C@H]4NS(=O)(=O)CC(=O)N3CCC3)no2)cc1N. The van der Waals surface area contributed by atoms with Crippen LogP contribution in [0.1, 0.15) is 43.9 Å². The molecule has 1 fully saturated rings. The number of nitrogens with zero attached hydrogens (tertiary/aromatic N) is 3. The van der Waals surface area contributed by atoms with Crippen LogP contribution in [0.2, 0.25) is 0 Å². The predicted octanol–water partition coefficient (Wildman–Crippen LogP) is 2.91. The number of benzene rings is 2. The van der Waals surface area contributed by atoms with Crippen LogP contribution in [0, 0.1) is 0 Å². The molecule has 190 valence electrons. The first-order valence-electron chi connectivity index (χ1n) is 12.0. The van der Waals surface area contributed by atoms with Gasteiger partial charge in [-0.1, -0.05) is 23.4 Å². The summed E-state index contributed by atoms with van der Waals surface area (Å²) in [5.41, 5.74) is 9.89. The Morgan fingerprint density at radius 1 is 1.28 bits per heavy atom. The summed E-state index contributed by atoms with van der Waals surface area (Å²) < 4.78 is 39.2.